The van der Waals surface area contributed by atoms with Gasteiger partial charge in [-0.1, -0.05) is 17.7 Å². The van der Waals surface area contributed by atoms with Crippen molar-refractivity contribution in [2.24, 2.45) is 0 Å². The molecule has 0 fully saturated rings. The molecular formula is C16H13ClN4O. The summed E-state index contributed by atoms with van der Waals surface area (Å²) in [5.41, 5.74) is 2.44. The zero-order chi connectivity index (χ0) is 15.4. The van der Waals surface area contributed by atoms with Gasteiger partial charge in [-0.15, -0.1) is 0 Å². The Morgan fingerprint density at radius 2 is 2.23 bits per heavy atom. The summed E-state index contributed by atoms with van der Waals surface area (Å²) < 4.78 is 1.83. The highest BCUT2D eigenvalue weighted by Crippen LogP contribution is 2.11. The fourth-order valence-corrected chi connectivity index (χ4v) is 2.15. The number of fused-ring (bicyclic) bond motifs is 1. The van der Waals surface area contributed by atoms with Crippen molar-refractivity contribution in [1.82, 2.24) is 19.7 Å². The van der Waals surface area contributed by atoms with Crippen LogP contribution in [0.15, 0.2) is 55.1 Å². The van der Waals surface area contributed by atoms with Crippen LogP contribution in [0.25, 0.3) is 11.7 Å². The van der Waals surface area contributed by atoms with Crippen LogP contribution in [0.4, 0.5) is 0 Å². The van der Waals surface area contributed by atoms with Gasteiger partial charge in [0.05, 0.1) is 17.3 Å². The lowest BCUT2D eigenvalue weighted by Crippen LogP contribution is -2.20. The van der Waals surface area contributed by atoms with Crippen molar-refractivity contribution in [3.8, 4) is 0 Å². The summed E-state index contributed by atoms with van der Waals surface area (Å²) in [6.45, 7) is 0.357. The first-order valence-electron chi connectivity index (χ1n) is 6.70. The number of amides is 1. The molecule has 0 aromatic carbocycles. The van der Waals surface area contributed by atoms with Gasteiger partial charge in [0, 0.05) is 30.9 Å². The molecule has 3 aromatic heterocycles. The lowest BCUT2D eigenvalue weighted by atomic mass is 10.2. The first-order valence-corrected chi connectivity index (χ1v) is 7.07. The Labute approximate surface area is 132 Å². The van der Waals surface area contributed by atoms with Crippen molar-refractivity contribution in [2.45, 2.75) is 6.54 Å². The van der Waals surface area contributed by atoms with E-state index >= 15 is 0 Å². The molecule has 3 rings (SSSR count). The SMILES string of the molecule is O=C(/C=C/c1cccnc1)NCc1cn2cc(Cl)ccc2n1. The Morgan fingerprint density at radius 3 is 3.05 bits per heavy atom. The minimum absolute atomic E-state index is 0.182. The summed E-state index contributed by atoms with van der Waals surface area (Å²) in [6, 6.07) is 7.31. The highest BCUT2D eigenvalue weighted by atomic mass is 35.5. The Hall–Kier alpha value is -2.66. The van der Waals surface area contributed by atoms with Gasteiger partial charge in [-0.2, -0.15) is 0 Å². The van der Waals surface area contributed by atoms with Gasteiger partial charge in [0.2, 0.25) is 5.91 Å². The predicted octanol–water partition coefficient (Wildman–Crippen LogP) is 2.71. The molecule has 1 N–H and O–H groups in total. The summed E-state index contributed by atoms with van der Waals surface area (Å²) in [5, 5.41) is 3.43. The zero-order valence-corrected chi connectivity index (χ0v) is 12.4. The van der Waals surface area contributed by atoms with E-state index in [1.54, 1.807) is 30.7 Å². The molecule has 22 heavy (non-hydrogen) atoms. The van der Waals surface area contributed by atoms with E-state index in [-0.39, 0.29) is 5.91 Å². The van der Waals surface area contributed by atoms with E-state index < -0.39 is 0 Å². The molecule has 0 spiro atoms. The van der Waals surface area contributed by atoms with Crippen molar-refractivity contribution in [3.63, 3.8) is 0 Å². The van der Waals surface area contributed by atoms with Crippen molar-refractivity contribution in [3.05, 3.63) is 71.4 Å². The number of halogens is 1. The van der Waals surface area contributed by atoms with E-state index in [0.29, 0.717) is 11.6 Å². The fourth-order valence-electron chi connectivity index (χ4n) is 1.99. The number of hydrogen-bond donors (Lipinski definition) is 1. The van der Waals surface area contributed by atoms with Gasteiger partial charge in [-0.05, 0) is 29.8 Å². The molecule has 0 atom stereocenters. The molecule has 0 aliphatic rings. The number of carbonyl (C=O) groups is 1. The second-order valence-corrected chi connectivity index (χ2v) is 5.12. The van der Waals surface area contributed by atoms with Gasteiger partial charge < -0.3 is 9.72 Å². The molecule has 3 aromatic rings. The standard InChI is InChI=1S/C16H13ClN4O/c17-13-4-5-15-20-14(11-21(15)10-13)9-19-16(22)6-3-12-2-1-7-18-8-12/h1-8,10-11H,9H2,(H,19,22)/b6-3+. The number of carbonyl (C=O) groups excluding carboxylic acids is 1. The average Bonchev–Trinajstić information content (AvgIpc) is 2.94. The van der Waals surface area contributed by atoms with E-state index in [0.717, 1.165) is 16.9 Å². The quantitative estimate of drug-likeness (QED) is 0.754. The largest absolute Gasteiger partial charge is 0.347 e. The molecule has 0 saturated heterocycles. The molecule has 0 aliphatic heterocycles. The minimum atomic E-state index is -0.182. The lowest BCUT2D eigenvalue weighted by molar-refractivity contribution is -0.116. The van der Waals surface area contributed by atoms with Crippen LogP contribution in [-0.4, -0.2) is 20.3 Å². The number of rotatable bonds is 4. The van der Waals surface area contributed by atoms with Gasteiger partial charge in [0.15, 0.2) is 0 Å². The smallest absolute Gasteiger partial charge is 0.244 e. The van der Waals surface area contributed by atoms with Gasteiger partial charge >= 0.3 is 0 Å². The van der Waals surface area contributed by atoms with Gasteiger partial charge in [0.25, 0.3) is 0 Å². The zero-order valence-electron chi connectivity index (χ0n) is 11.6. The van der Waals surface area contributed by atoms with Gasteiger partial charge in [-0.25, -0.2) is 4.98 Å². The third kappa shape index (κ3) is 3.51. The van der Waals surface area contributed by atoms with Crippen LogP contribution in [0.2, 0.25) is 5.02 Å². The van der Waals surface area contributed by atoms with Crippen molar-refractivity contribution < 1.29 is 4.79 Å². The number of nitrogens with zero attached hydrogens (tertiary/aromatic N) is 3. The monoisotopic (exact) mass is 312 g/mol. The Kier molecular flexibility index (Phi) is 4.16. The molecule has 5 nitrogen and oxygen atoms in total. The number of nitrogens with one attached hydrogen (secondary N) is 1. The first kappa shape index (κ1) is 14.3. The Morgan fingerprint density at radius 1 is 1.32 bits per heavy atom. The molecule has 3 heterocycles. The first-order chi connectivity index (χ1) is 10.7. The van der Waals surface area contributed by atoms with Crippen LogP contribution >= 0.6 is 11.6 Å². The van der Waals surface area contributed by atoms with Crippen LogP contribution in [0.1, 0.15) is 11.3 Å². The molecule has 110 valence electrons. The average molecular weight is 313 g/mol. The highest BCUT2D eigenvalue weighted by molar-refractivity contribution is 6.30. The van der Waals surface area contributed by atoms with E-state index in [1.165, 1.54) is 6.08 Å². The van der Waals surface area contributed by atoms with E-state index in [2.05, 4.69) is 15.3 Å². The fraction of sp³-hybridized carbons (Fsp3) is 0.0625. The van der Waals surface area contributed by atoms with Crippen molar-refractivity contribution in [2.75, 3.05) is 0 Å². The van der Waals surface area contributed by atoms with Crippen LogP contribution in [0, 0.1) is 0 Å². The Bertz CT molecular complexity index is 827. The van der Waals surface area contributed by atoms with Crippen LogP contribution in [0.3, 0.4) is 0 Å². The molecule has 0 aliphatic carbocycles. The summed E-state index contributed by atoms with van der Waals surface area (Å²) in [4.78, 5) is 20.2. The van der Waals surface area contributed by atoms with Gasteiger partial charge in [-0.3, -0.25) is 9.78 Å². The van der Waals surface area contributed by atoms with E-state index in [1.807, 2.05) is 28.8 Å². The predicted molar refractivity (Wildman–Crippen MR) is 85.3 cm³/mol. The molecule has 6 heteroatoms. The van der Waals surface area contributed by atoms with Crippen LogP contribution in [-0.2, 0) is 11.3 Å². The molecular weight excluding hydrogens is 300 g/mol. The summed E-state index contributed by atoms with van der Waals surface area (Å²) in [7, 11) is 0. The van der Waals surface area contributed by atoms with Crippen LogP contribution < -0.4 is 5.32 Å². The second kappa shape index (κ2) is 6.41. The summed E-state index contributed by atoms with van der Waals surface area (Å²) in [5.74, 6) is -0.182. The molecule has 0 saturated carbocycles. The van der Waals surface area contributed by atoms with Crippen molar-refractivity contribution >= 4 is 29.2 Å². The van der Waals surface area contributed by atoms with Gasteiger partial charge in [0.1, 0.15) is 5.65 Å². The molecule has 0 unspecified atom stereocenters. The van der Waals surface area contributed by atoms with Crippen LogP contribution in [0.5, 0.6) is 0 Å². The molecule has 0 bridgehead atoms. The Balaban J connectivity index is 1.61. The number of hydrogen-bond acceptors (Lipinski definition) is 3. The highest BCUT2D eigenvalue weighted by Gasteiger charge is 2.03. The summed E-state index contributed by atoms with van der Waals surface area (Å²) >= 11 is 5.92. The number of aromatic nitrogens is 3. The second-order valence-electron chi connectivity index (χ2n) is 4.68. The number of imidazole rings is 1. The van der Waals surface area contributed by atoms with Crippen molar-refractivity contribution in [1.29, 1.82) is 0 Å². The number of pyridine rings is 2. The lowest BCUT2D eigenvalue weighted by Gasteiger charge is -1.98. The third-order valence-corrected chi connectivity index (χ3v) is 3.24. The maximum atomic E-state index is 11.8. The molecule has 1 amide bonds. The normalized spacial score (nSPS) is 11.1. The minimum Gasteiger partial charge on any atom is -0.347 e. The van der Waals surface area contributed by atoms with E-state index in [9.17, 15) is 4.79 Å². The third-order valence-electron chi connectivity index (χ3n) is 3.02. The molecule has 0 radical (unpaired) electrons. The maximum Gasteiger partial charge on any atom is 0.244 e. The maximum absolute atomic E-state index is 11.8. The topological polar surface area (TPSA) is 59.3 Å². The summed E-state index contributed by atoms with van der Waals surface area (Å²) in [6.07, 6.45) is 10.2. The van der Waals surface area contributed by atoms with E-state index in [4.69, 9.17) is 11.6 Å².